The molecule has 1 amide bonds. The smallest absolute Gasteiger partial charge is 0.462 e. The molecule has 0 radical (unpaired) electrons. The van der Waals surface area contributed by atoms with Crippen LogP contribution in [0.4, 0.5) is 0 Å². The Labute approximate surface area is 601 Å². The van der Waals surface area contributed by atoms with Crippen LogP contribution >= 0.6 is 7.82 Å². The van der Waals surface area contributed by atoms with E-state index in [2.05, 4.69) is 99.2 Å². The molecule has 7 atom stereocenters. The van der Waals surface area contributed by atoms with Gasteiger partial charge in [0.25, 0.3) is 0 Å². The highest BCUT2D eigenvalue weighted by molar-refractivity contribution is 7.49. The Balaban J connectivity index is 2.19. The predicted molar refractivity (Wildman–Crippen MR) is 411 cm³/mol. The summed E-state index contributed by atoms with van der Waals surface area (Å²) in [6, 6.07) is 17.8. The Morgan fingerprint density at radius 1 is 0.531 bits per heavy atom. The highest BCUT2D eigenvalue weighted by atomic mass is 31.2. The summed E-state index contributed by atoms with van der Waals surface area (Å²) < 4.78 is 82.3. The van der Waals surface area contributed by atoms with E-state index in [1.807, 2.05) is 12.1 Å². The van der Waals surface area contributed by atoms with E-state index in [1.165, 1.54) is 128 Å². The minimum atomic E-state index is -4.82. The van der Waals surface area contributed by atoms with Crippen LogP contribution in [0.1, 0.15) is 273 Å². The van der Waals surface area contributed by atoms with Crippen molar-refractivity contribution in [1.82, 2.24) is 5.32 Å². The molecule has 2 unspecified atom stereocenters. The highest BCUT2D eigenvalue weighted by Gasteiger charge is 2.55. The van der Waals surface area contributed by atoms with Gasteiger partial charge in [0.05, 0.1) is 25.6 Å². The Hall–Kier alpha value is -2.91. The Bertz CT molecular complexity index is 2340. The van der Waals surface area contributed by atoms with Crippen molar-refractivity contribution in [3.63, 3.8) is 0 Å². The van der Waals surface area contributed by atoms with Crippen LogP contribution in [0.2, 0.25) is 69.5 Å². The summed E-state index contributed by atoms with van der Waals surface area (Å²) in [5, 5.41) is 3.03. The average molecular weight is 1450 g/mol. The highest BCUT2D eigenvalue weighted by Crippen LogP contribution is 2.53. The lowest BCUT2D eigenvalue weighted by Gasteiger charge is -2.47. The van der Waals surface area contributed by atoms with E-state index in [4.69, 9.17) is 46.4 Å². The Kier molecular flexibility index (Phi) is 46.7. The molecule has 0 aliphatic carbocycles. The number of carbonyl (C=O) groups excluding carboxylic acids is 3. The number of amides is 1. The fraction of sp³-hybridized carbons (Fsp3) is 0.810. The van der Waals surface area contributed by atoms with Gasteiger partial charge < -0.3 is 47.2 Å². The van der Waals surface area contributed by atoms with Crippen LogP contribution in [-0.2, 0) is 56.3 Å². The molecule has 0 saturated carbocycles. The van der Waals surface area contributed by atoms with Crippen molar-refractivity contribution in [2.75, 3.05) is 26.6 Å². The number of hydrogen-bond acceptors (Lipinski definition) is 14. The third-order valence-electron chi connectivity index (χ3n) is 19.2. The van der Waals surface area contributed by atoms with E-state index in [9.17, 15) is 4.79 Å². The van der Waals surface area contributed by atoms with Gasteiger partial charge in [0.2, 0.25) is 5.91 Å². The first-order valence-corrected chi connectivity index (χ1v) is 51.1. The number of ether oxygens (including phenoxy) is 6. The average Bonchev–Trinajstić information content (AvgIpc) is 0.772. The number of nitrogens with one attached hydrogen (secondary N) is 1. The van der Waals surface area contributed by atoms with Crippen molar-refractivity contribution in [3.05, 3.63) is 60.7 Å². The molecule has 1 aliphatic rings. The second-order valence-electron chi connectivity index (χ2n) is 32.0. The molecule has 98 heavy (non-hydrogen) atoms. The molecule has 3 rings (SSSR count). The van der Waals surface area contributed by atoms with Gasteiger partial charge in [-0.1, -0.05) is 303 Å². The van der Waals surface area contributed by atoms with Crippen LogP contribution in [0, 0.1) is 0 Å². The Morgan fingerprint density at radius 3 is 1.41 bits per heavy atom. The first-order valence-electron chi connectivity index (χ1n) is 39.3. The van der Waals surface area contributed by atoms with Crippen LogP contribution in [0.15, 0.2) is 60.7 Å². The SMILES string of the molecule is CCCCCCCCCCCCCC(=O)OC(CCCCCCCCCCCCC)CC(=O)O[C@@H]1[C@@H](NC(=O)CC(CCCCCCCCCCC)OCOCC[Si](C)(C)C)[C@H](OCC[Si](C)(C)C)O[C@H](CO[Si](C)(C)C(C)(C)C)[C@H]1OP(=O)(Oc1ccccc1)Oc1ccccc1. The second-order valence-corrected chi connectivity index (χ2v) is 49.6. The van der Waals surface area contributed by atoms with E-state index < -0.39 is 87.0 Å². The number of unbranched alkanes of at least 4 members (excludes halogenated alkanes) is 28. The van der Waals surface area contributed by atoms with E-state index in [1.54, 1.807) is 48.5 Å². The Morgan fingerprint density at radius 2 is 0.959 bits per heavy atom. The lowest BCUT2D eigenvalue weighted by Crippen LogP contribution is -2.67. The largest absolute Gasteiger partial charge is 0.588 e. The number of para-hydroxylation sites is 2. The van der Waals surface area contributed by atoms with Crippen molar-refractivity contribution in [2.45, 2.75) is 385 Å². The predicted octanol–water partition coefficient (Wildman–Crippen LogP) is 22.8. The monoisotopic (exact) mass is 1450 g/mol. The number of hydrogen-bond donors (Lipinski definition) is 1. The van der Waals surface area contributed by atoms with Gasteiger partial charge in [0, 0.05) is 35.8 Å². The third kappa shape index (κ3) is 42.6. The number of phosphoric ester groups is 1. The van der Waals surface area contributed by atoms with Crippen LogP contribution in [0.5, 0.6) is 11.5 Å². The van der Waals surface area contributed by atoms with Gasteiger partial charge in [-0.2, -0.15) is 0 Å². The third-order valence-corrected chi connectivity index (χ3v) is 28.5. The number of rotatable bonds is 60. The first-order chi connectivity index (χ1) is 46.8. The summed E-state index contributed by atoms with van der Waals surface area (Å²) in [6.07, 6.45) is 30.2. The minimum absolute atomic E-state index is 0.0422. The van der Waals surface area contributed by atoms with E-state index in [-0.39, 0.29) is 61.8 Å². The molecule has 2 aromatic rings. The molecular weight excluding hydrogens is 1300 g/mol. The number of benzene rings is 2. The standard InChI is InChI=1S/C79H144NO14PSi3/c1-15-18-21-24-27-30-32-35-38-41-46-57-70(89-73(82)58-51-42-39-36-33-31-28-25-22-19-16-2)64-74(83)91-77-75(80-72(81)63-69(87-66-85-59-61-96(7,8)9)56-45-40-37-34-29-26-23-20-17-3)78(86-60-62-97(10,11)12)90-71(65-88-98(13,14)79(4,5)6)76(77)94-95(84,92-67-52-47-43-48-53-67)93-68-54-49-44-50-55-68/h43-44,47-50,52-55,69-71,75-78H,15-42,45-46,51,56-66H2,1-14H3,(H,80,81)/t69?,70?,71-,75-,76-,77-,78-/m1/s1. The van der Waals surface area contributed by atoms with Gasteiger partial charge in [-0.05, 0) is 80.2 Å². The first kappa shape index (κ1) is 89.3. The second kappa shape index (κ2) is 51.3. The molecule has 1 fully saturated rings. The van der Waals surface area contributed by atoms with Crippen molar-refractivity contribution < 1.29 is 65.4 Å². The van der Waals surface area contributed by atoms with E-state index >= 15 is 14.2 Å². The maximum atomic E-state index is 15.9. The molecule has 0 aromatic heterocycles. The number of phosphoric acid groups is 1. The van der Waals surface area contributed by atoms with Crippen LogP contribution in [0.3, 0.4) is 0 Å². The minimum Gasteiger partial charge on any atom is -0.462 e. The lowest BCUT2D eigenvalue weighted by atomic mass is 9.96. The topological polar surface area (TPSA) is 173 Å². The van der Waals surface area contributed by atoms with Crippen molar-refractivity contribution in [1.29, 1.82) is 0 Å². The fourth-order valence-corrected chi connectivity index (χ4v) is 15.7. The maximum absolute atomic E-state index is 15.9. The zero-order valence-electron chi connectivity index (χ0n) is 64.7. The molecule has 566 valence electrons. The summed E-state index contributed by atoms with van der Waals surface area (Å²) in [5.41, 5.74) is 0. The number of esters is 2. The van der Waals surface area contributed by atoms with E-state index in [0.29, 0.717) is 25.9 Å². The zero-order valence-corrected chi connectivity index (χ0v) is 68.6. The molecule has 0 bridgehead atoms. The van der Waals surface area contributed by atoms with Gasteiger partial charge in [-0.3, -0.25) is 18.9 Å². The molecule has 1 aliphatic heterocycles. The zero-order chi connectivity index (χ0) is 72.0. The van der Waals surface area contributed by atoms with Crippen molar-refractivity contribution in [2.24, 2.45) is 0 Å². The summed E-state index contributed by atoms with van der Waals surface area (Å²) in [7, 11) is -10.5. The van der Waals surface area contributed by atoms with Crippen LogP contribution in [0.25, 0.3) is 0 Å². The van der Waals surface area contributed by atoms with Crippen LogP contribution < -0.4 is 14.4 Å². The van der Waals surface area contributed by atoms with Gasteiger partial charge in [-0.25, -0.2) is 4.57 Å². The molecular formula is C79H144NO14PSi3. The van der Waals surface area contributed by atoms with E-state index in [0.717, 1.165) is 76.3 Å². The summed E-state index contributed by atoms with van der Waals surface area (Å²) >= 11 is 0. The quantitative estimate of drug-likeness (QED) is 0.0218. The van der Waals surface area contributed by atoms with Gasteiger partial charge >= 0.3 is 19.8 Å². The molecule has 0 spiro atoms. The fourth-order valence-electron chi connectivity index (χ4n) is 11.8. The summed E-state index contributed by atoms with van der Waals surface area (Å²) in [6.45, 7) is 32.0. The maximum Gasteiger partial charge on any atom is 0.588 e. The van der Waals surface area contributed by atoms with Gasteiger partial charge in [0.1, 0.15) is 42.6 Å². The van der Waals surface area contributed by atoms with Crippen molar-refractivity contribution in [3.8, 4) is 11.5 Å². The normalized spacial score (nSPS) is 17.7. The molecule has 19 heteroatoms. The van der Waals surface area contributed by atoms with Gasteiger partial charge in [0.15, 0.2) is 20.7 Å². The lowest BCUT2D eigenvalue weighted by molar-refractivity contribution is -0.269. The molecule has 1 heterocycles. The molecule has 15 nitrogen and oxygen atoms in total. The molecule has 1 N–H and O–H groups in total. The molecule has 1 saturated heterocycles. The van der Waals surface area contributed by atoms with Crippen molar-refractivity contribution >= 4 is 50.1 Å². The number of carbonyl (C=O) groups is 3. The molecule has 2 aromatic carbocycles. The van der Waals surface area contributed by atoms with Gasteiger partial charge in [-0.15, -0.1) is 0 Å². The van der Waals surface area contributed by atoms with Crippen LogP contribution in [-0.4, -0.2) is 112 Å². The summed E-state index contributed by atoms with van der Waals surface area (Å²) in [4.78, 5) is 44.6. The summed E-state index contributed by atoms with van der Waals surface area (Å²) in [5.74, 6) is -1.03.